The zero-order valence-electron chi connectivity index (χ0n) is 6.84. The number of nitrogens with two attached hydrogens (primary N) is 1. The molecule has 0 aliphatic carbocycles. The minimum atomic E-state index is -1.05. The first kappa shape index (κ1) is 10.4. The summed E-state index contributed by atoms with van der Waals surface area (Å²) in [5, 5.41) is 11.8. The molecule has 11 heavy (non-hydrogen) atoms. The lowest BCUT2D eigenvalue weighted by molar-refractivity contribution is -0.125. The number of carbonyl (C=O) groups is 1. The molecule has 0 saturated heterocycles. The van der Waals surface area contributed by atoms with Crippen molar-refractivity contribution < 1.29 is 9.90 Å². The third-order valence-corrected chi connectivity index (χ3v) is 1.37. The van der Waals surface area contributed by atoms with Gasteiger partial charge in [0.2, 0.25) is 5.91 Å². The highest BCUT2D eigenvalue weighted by atomic mass is 16.3. The predicted molar refractivity (Wildman–Crippen MR) is 43.0 cm³/mol. The van der Waals surface area contributed by atoms with Crippen LogP contribution in [0.4, 0.5) is 0 Å². The molecule has 0 aliphatic heterocycles. The Morgan fingerprint density at radius 1 is 1.73 bits per heavy atom. The van der Waals surface area contributed by atoms with Crippen molar-refractivity contribution in [1.82, 2.24) is 5.32 Å². The van der Waals surface area contributed by atoms with Crippen molar-refractivity contribution in [3.8, 4) is 0 Å². The van der Waals surface area contributed by atoms with Gasteiger partial charge in [-0.2, -0.15) is 0 Å². The molecule has 0 saturated carbocycles. The van der Waals surface area contributed by atoms with Crippen LogP contribution in [0.1, 0.15) is 19.8 Å². The Labute approximate surface area is 66.8 Å². The summed E-state index contributed by atoms with van der Waals surface area (Å²) in [5.74, 6) is -0.672. The molecule has 0 spiro atoms. The Bertz CT molecular complexity index is 117. The molecular weight excluding hydrogens is 144 g/mol. The van der Waals surface area contributed by atoms with Crippen molar-refractivity contribution >= 4 is 5.91 Å². The fourth-order valence-corrected chi connectivity index (χ4v) is 0.641. The van der Waals surface area contributed by atoms with Crippen molar-refractivity contribution in [1.29, 1.82) is 0 Å². The number of hydrogen-bond donors (Lipinski definition) is 3. The van der Waals surface area contributed by atoms with Crippen molar-refractivity contribution in [3.63, 3.8) is 0 Å². The topological polar surface area (TPSA) is 75.3 Å². The van der Waals surface area contributed by atoms with E-state index >= 15 is 0 Å². The standard InChI is InChI=1S/C7H16N2O2/c1-2-3-4-9-5-6(10)7(8)11/h6,9-10H,2-5H2,1H3,(H2,8,11). The van der Waals surface area contributed by atoms with Gasteiger partial charge in [0.05, 0.1) is 0 Å². The van der Waals surface area contributed by atoms with E-state index in [2.05, 4.69) is 12.2 Å². The highest BCUT2D eigenvalue weighted by Crippen LogP contribution is 1.83. The fraction of sp³-hybridized carbons (Fsp3) is 0.857. The van der Waals surface area contributed by atoms with E-state index in [-0.39, 0.29) is 6.54 Å². The second-order valence-corrected chi connectivity index (χ2v) is 2.48. The van der Waals surface area contributed by atoms with E-state index < -0.39 is 12.0 Å². The smallest absolute Gasteiger partial charge is 0.247 e. The molecule has 0 aromatic carbocycles. The van der Waals surface area contributed by atoms with Crippen molar-refractivity contribution in [2.45, 2.75) is 25.9 Å². The Balaban J connectivity index is 3.17. The molecule has 1 amide bonds. The lowest BCUT2D eigenvalue weighted by atomic mass is 10.3. The molecule has 4 nitrogen and oxygen atoms in total. The molecule has 66 valence electrons. The van der Waals surface area contributed by atoms with Crippen LogP contribution in [0, 0.1) is 0 Å². The lowest BCUT2D eigenvalue weighted by Crippen LogP contribution is -2.37. The summed E-state index contributed by atoms with van der Waals surface area (Å²) in [4.78, 5) is 10.3. The quantitative estimate of drug-likeness (QED) is 0.446. The molecule has 1 unspecified atom stereocenters. The summed E-state index contributed by atoms with van der Waals surface area (Å²) in [6.07, 6.45) is 1.09. The van der Waals surface area contributed by atoms with Gasteiger partial charge in [0.15, 0.2) is 0 Å². The molecule has 0 heterocycles. The lowest BCUT2D eigenvalue weighted by Gasteiger charge is -2.06. The van der Waals surface area contributed by atoms with Gasteiger partial charge in [-0.3, -0.25) is 4.79 Å². The maximum atomic E-state index is 10.3. The zero-order valence-corrected chi connectivity index (χ0v) is 6.84. The average Bonchev–Trinajstić information content (AvgIpc) is 1.97. The Morgan fingerprint density at radius 3 is 2.82 bits per heavy atom. The van der Waals surface area contributed by atoms with Crippen LogP contribution in [0.3, 0.4) is 0 Å². The molecule has 1 atom stereocenters. The normalized spacial score (nSPS) is 12.9. The number of rotatable bonds is 6. The fourth-order valence-electron chi connectivity index (χ4n) is 0.641. The SMILES string of the molecule is CCCCNCC(O)C(N)=O. The molecule has 0 fully saturated rings. The number of primary amides is 1. The van der Waals surface area contributed by atoms with E-state index in [0.717, 1.165) is 19.4 Å². The van der Waals surface area contributed by atoms with Crippen LogP contribution < -0.4 is 11.1 Å². The first-order chi connectivity index (χ1) is 5.18. The van der Waals surface area contributed by atoms with E-state index in [9.17, 15) is 4.79 Å². The number of nitrogens with one attached hydrogen (secondary N) is 1. The van der Waals surface area contributed by atoms with Gasteiger partial charge in [-0.25, -0.2) is 0 Å². The molecule has 0 radical (unpaired) electrons. The second kappa shape index (κ2) is 6.12. The number of amides is 1. The Kier molecular flexibility index (Phi) is 5.78. The maximum Gasteiger partial charge on any atom is 0.247 e. The van der Waals surface area contributed by atoms with Gasteiger partial charge in [-0.1, -0.05) is 13.3 Å². The molecular formula is C7H16N2O2. The third kappa shape index (κ3) is 5.82. The van der Waals surface area contributed by atoms with Gasteiger partial charge < -0.3 is 16.2 Å². The highest BCUT2D eigenvalue weighted by molar-refractivity contribution is 5.78. The van der Waals surface area contributed by atoms with Crippen LogP contribution in [0.2, 0.25) is 0 Å². The van der Waals surface area contributed by atoms with Gasteiger partial charge >= 0.3 is 0 Å². The van der Waals surface area contributed by atoms with E-state index in [1.165, 1.54) is 0 Å². The van der Waals surface area contributed by atoms with Crippen LogP contribution in [-0.4, -0.2) is 30.2 Å². The molecule has 4 N–H and O–H groups in total. The van der Waals surface area contributed by atoms with Gasteiger partial charge in [-0.05, 0) is 13.0 Å². The number of unbranched alkanes of at least 4 members (excludes halogenated alkanes) is 1. The number of aliphatic hydroxyl groups excluding tert-OH is 1. The maximum absolute atomic E-state index is 10.3. The van der Waals surface area contributed by atoms with Gasteiger partial charge in [0.1, 0.15) is 6.10 Å². The summed E-state index contributed by atoms with van der Waals surface area (Å²) in [6, 6.07) is 0. The highest BCUT2D eigenvalue weighted by Gasteiger charge is 2.08. The van der Waals surface area contributed by atoms with Crippen molar-refractivity contribution in [3.05, 3.63) is 0 Å². The van der Waals surface area contributed by atoms with E-state index in [1.54, 1.807) is 0 Å². The number of aliphatic hydroxyl groups is 1. The summed E-state index contributed by atoms with van der Waals surface area (Å²) >= 11 is 0. The largest absolute Gasteiger partial charge is 0.382 e. The van der Waals surface area contributed by atoms with Gasteiger partial charge in [-0.15, -0.1) is 0 Å². The number of hydrogen-bond acceptors (Lipinski definition) is 3. The molecule has 4 heteroatoms. The predicted octanol–water partition coefficient (Wildman–Crippen LogP) is -0.778. The first-order valence-corrected chi connectivity index (χ1v) is 3.86. The summed E-state index contributed by atoms with van der Waals surface area (Å²) < 4.78 is 0. The third-order valence-electron chi connectivity index (χ3n) is 1.37. The van der Waals surface area contributed by atoms with E-state index in [4.69, 9.17) is 10.8 Å². The molecule has 0 bridgehead atoms. The monoisotopic (exact) mass is 160 g/mol. The van der Waals surface area contributed by atoms with Crippen molar-refractivity contribution in [2.24, 2.45) is 5.73 Å². The minimum Gasteiger partial charge on any atom is -0.382 e. The molecule has 0 aliphatic rings. The van der Waals surface area contributed by atoms with Crippen LogP contribution in [0.25, 0.3) is 0 Å². The Hall–Kier alpha value is -0.610. The van der Waals surface area contributed by atoms with Crippen LogP contribution in [0.5, 0.6) is 0 Å². The zero-order chi connectivity index (χ0) is 8.69. The van der Waals surface area contributed by atoms with Crippen LogP contribution in [-0.2, 0) is 4.79 Å². The second-order valence-electron chi connectivity index (χ2n) is 2.48. The summed E-state index contributed by atoms with van der Waals surface area (Å²) in [7, 11) is 0. The van der Waals surface area contributed by atoms with Crippen LogP contribution in [0.15, 0.2) is 0 Å². The van der Waals surface area contributed by atoms with Gasteiger partial charge in [0.25, 0.3) is 0 Å². The summed E-state index contributed by atoms with van der Waals surface area (Å²) in [6.45, 7) is 3.16. The Morgan fingerprint density at radius 2 is 2.36 bits per heavy atom. The van der Waals surface area contributed by atoms with E-state index in [0.29, 0.717) is 0 Å². The minimum absolute atomic E-state index is 0.259. The van der Waals surface area contributed by atoms with Crippen LogP contribution >= 0.6 is 0 Å². The number of carbonyl (C=O) groups excluding carboxylic acids is 1. The van der Waals surface area contributed by atoms with Gasteiger partial charge in [0, 0.05) is 6.54 Å². The first-order valence-electron chi connectivity index (χ1n) is 3.86. The van der Waals surface area contributed by atoms with E-state index in [1.807, 2.05) is 0 Å². The summed E-state index contributed by atoms with van der Waals surface area (Å²) in [5.41, 5.74) is 4.82. The molecule has 0 rings (SSSR count). The molecule has 0 aromatic rings. The average molecular weight is 160 g/mol. The molecule has 0 aromatic heterocycles. The van der Waals surface area contributed by atoms with Crippen molar-refractivity contribution in [2.75, 3.05) is 13.1 Å².